The first-order valence-corrected chi connectivity index (χ1v) is 10.7. The minimum Gasteiger partial charge on any atom is -0.497 e. The molecule has 7 nitrogen and oxygen atoms in total. The predicted octanol–water partition coefficient (Wildman–Crippen LogP) is 3.68. The molecule has 7 heteroatoms. The van der Waals surface area contributed by atoms with Crippen LogP contribution in [-0.4, -0.2) is 62.8 Å². The minimum atomic E-state index is -0.472. The number of piperidine rings is 1. The lowest BCUT2D eigenvalue weighted by molar-refractivity contribution is -0.148. The van der Waals surface area contributed by atoms with Crippen molar-refractivity contribution in [1.82, 2.24) is 9.91 Å². The van der Waals surface area contributed by atoms with Gasteiger partial charge in [0, 0.05) is 49.5 Å². The zero-order valence-electron chi connectivity index (χ0n) is 18.6. The first-order chi connectivity index (χ1) is 15.1. The van der Waals surface area contributed by atoms with Gasteiger partial charge in [-0.15, -0.1) is 0 Å². The summed E-state index contributed by atoms with van der Waals surface area (Å²) in [6.45, 7) is 1.93. The van der Waals surface area contributed by atoms with Crippen LogP contribution in [-0.2, 0) is 0 Å². The van der Waals surface area contributed by atoms with Gasteiger partial charge in [0.15, 0.2) is 11.5 Å². The van der Waals surface area contributed by atoms with E-state index < -0.39 is 5.72 Å². The van der Waals surface area contributed by atoms with Gasteiger partial charge in [-0.25, -0.2) is 5.01 Å². The van der Waals surface area contributed by atoms with Gasteiger partial charge < -0.3 is 23.8 Å². The summed E-state index contributed by atoms with van der Waals surface area (Å²) in [6.07, 6.45) is 2.55. The Labute approximate surface area is 183 Å². The van der Waals surface area contributed by atoms with E-state index in [0.717, 1.165) is 72.2 Å². The van der Waals surface area contributed by atoms with Gasteiger partial charge in [0.1, 0.15) is 11.5 Å². The highest BCUT2D eigenvalue weighted by Crippen LogP contribution is 2.53. The van der Waals surface area contributed by atoms with Crippen LogP contribution in [0.1, 0.15) is 36.4 Å². The number of para-hydroxylation sites is 1. The molecule has 0 amide bonds. The van der Waals surface area contributed by atoms with E-state index in [-0.39, 0.29) is 6.04 Å². The molecule has 3 aliphatic rings. The molecule has 2 aromatic rings. The molecule has 0 unspecified atom stereocenters. The van der Waals surface area contributed by atoms with Gasteiger partial charge >= 0.3 is 0 Å². The number of rotatable bonds is 4. The van der Waals surface area contributed by atoms with Crippen LogP contribution in [0.15, 0.2) is 41.5 Å². The number of benzene rings is 2. The first kappa shape index (κ1) is 20.0. The molecule has 0 radical (unpaired) electrons. The van der Waals surface area contributed by atoms with E-state index in [0.29, 0.717) is 0 Å². The molecule has 3 aliphatic heterocycles. The number of hydrazone groups is 1. The average molecular weight is 424 g/mol. The molecule has 3 heterocycles. The molecule has 0 aliphatic carbocycles. The van der Waals surface area contributed by atoms with E-state index in [2.05, 4.69) is 23.0 Å². The molecule has 0 aromatic heterocycles. The highest BCUT2D eigenvalue weighted by Gasteiger charge is 2.52. The normalized spacial score (nSPS) is 21.7. The van der Waals surface area contributed by atoms with Crippen molar-refractivity contribution in [3.8, 4) is 23.0 Å². The van der Waals surface area contributed by atoms with E-state index in [1.165, 1.54) is 0 Å². The zero-order valence-corrected chi connectivity index (χ0v) is 18.6. The highest BCUT2D eigenvalue weighted by molar-refractivity contribution is 6.04. The SMILES string of the molecule is COc1ccc(C2=NN3[C@@H](C2)c2cccc(OC)c2OC32CCN(C)CC2)c(OC)c1. The molecule has 31 heavy (non-hydrogen) atoms. The molecular formula is C24H29N3O4. The fourth-order valence-electron chi connectivity index (χ4n) is 4.93. The monoisotopic (exact) mass is 423 g/mol. The van der Waals surface area contributed by atoms with E-state index in [1.54, 1.807) is 21.3 Å². The number of hydrogen-bond donors (Lipinski definition) is 0. The Morgan fingerprint density at radius 1 is 1.00 bits per heavy atom. The first-order valence-electron chi connectivity index (χ1n) is 10.7. The van der Waals surface area contributed by atoms with Crippen molar-refractivity contribution >= 4 is 5.71 Å². The highest BCUT2D eigenvalue weighted by atomic mass is 16.5. The van der Waals surface area contributed by atoms with E-state index in [4.69, 9.17) is 24.0 Å². The van der Waals surface area contributed by atoms with Gasteiger partial charge in [0.2, 0.25) is 5.72 Å². The molecule has 0 bridgehead atoms. The van der Waals surface area contributed by atoms with Crippen molar-refractivity contribution in [3.63, 3.8) is 0 Å². The molecule has 164 valence electrons. The Bertz CT molecular complexity index is 1010. The third kappa shape index (κ3) is 3.19. The van der Waals surface area contributed by atoms with Crippen LogP contribution in [0.25, 0.3) is 0 Å². The number of hydrogen-bond acceptors (Lipinski definition) is 7. The van der Waals surface area contributed by atoms with Crippen LogP contribution in [0.5, 0.6) is 23.0 Å². The third-order valence-corrected chi connectivity index (χ3v) is 6.70. The van der Waals surface area contributed by atoms with E-state index in [1.807, 2.05) is 30.3 Å². The Balaban J connectivity index is 1.60. The summed E-state index contributed by atoms with van der Waals surface area (Å²) < 4.78 is 23.4. The Kier molecular flexibility index (Phi) is 4.93. The topological polar surface area (TPSA) is 55.8 Å². The van der Waals surface area contributed by atoms with Gasteiger partial charge in [0.25, 0.3) is 0 Å². The summed E-state index contributed by atoms with van der Waals surface area (Å²) in [6, 6.07) is 12.1. The number of ether oxygens (including phenoxy) is 4. The predicted molar refractivity (Wildman–Crippen MR) is 118 cm³/mol. The molecule has 1 spiro atoms. The minimum absolute atomic E-state index is 0.101. The lowest BCUT2D eigenvalue weighted by atomic mass is 9.90. The Morgan fingerprint density at radius 3 is 2.48 bits per heavy atom. The number of likely N-dealkylation sites (tertiary alicyclic amines) is 1. The van der Waals surface area contributed by atoms with Gasteiger partial charge in [-0.05, 0) is 25.2 Å². The summed E-state index contributed by atoms with van der Waals surface area (Å²) in [5, 5.41) is 7.35. The molecule has 1 fully saturated rings. The number of methoxy groups -OCH3 is 3. The maximum atomic E-state index is 6.74. The number of fused-ring (bicyclic) bond motifs is 4. The van der Waals surface area contributed by atoms with Gasteiger partial charge in [-0.2, -0.15) is 5.10 Å². The lowest BCUT2D eigenvalue weighted by Gasteiger charge is -2.50. The number of nitrogens with zero attached hydrogens (tertiary/aromatic N) is 3. The van der Waals surface area contributed by atoms with Crippen LogP contribution < -0.4 is 18.9 Å². The van der Waals surface area contributed by atoms with Gasteiger partial charge in [-0.1, -0.05) is 12.1 Å². The molecule has 0 saturated carbocycles. The molecule has 1 atom stereocenters. The molecular weight excluding hydrogens is 394 g/mol. The fourth-order valence-corrected chi connectivity index (χ4v) is 4.93. The Hall–Kier alpha value is -2.93. The average Bonchev–Trinajstić information content (AvgIpc) is 3.27. The van der Waals surface area contributed by atoms with Crippen molar-refractivity contribution in [2.75, 3.05) is 41.5 Å². The van der Waals surface area contributed by atoms with Gasteiger partial charge in [0.05, 0.1) is 33.1 Å². The molecule has 2 aromatic carbocycles. The second-order valence-electron chi connectivity index (χ2n) is 8.41. The molecule has 1 saturated heterocycles. The maximum absolute atomic E-state index is 6.74. The zero-order chi connectivity index (χ0) is 21.6. The molecule has 0 N–H and O–H groups in total. The summed E-state index contributed by atoms with van der Waals surface area (Å²) in [4.78, 5) is 2.34. The van der Waals surface area contributed by atoms with Crippen molar-refractivity contribution in [2.24, 2.45) is 5.10 Å². The van der Waals surface area contributed by atoms with Crippen LogP contribution in [0.4, 0.5) is 0 Å². The van der Waals surface area contributed by atoms with Crippen LogP contribution in [0, 0.1) is 0 Å². The van der Waals surface area contributed by atoms with Gasteiger partial charge in [-0.3, -0.25) is 0 Å². The summed E-state index contributed by atoms with van der Waals surface area (Å²) in [5.41, 5.74) is 2.64. The molecule has 5 rings (SSSR count). The largest absolute Gasteiger partial charge is 0.497 e. The quantitative estimate of drug-likeness (QED) is 0.748. The lowest BCUT2D eigenvalue weighted by Crippen LogP contribution is -2.58. The van der Waals surface area contributed by atoms with Crippen LogP contribution in [0.3, 0.4) is 0 Å². The Morgan fingerprint density at radius 2 is 1.77 bits per heavy atom. The van der Waals surface area contributed by atoms with Crippen molar-refractivity contribution in [2.45, 2.75) is 31.0 Å². The summed E-state index contributed by atoms with van der Waals surface area (Å²) in [5.74, 6) is 3.17. The fraction of sp³-hybridized carbons (Fsp3) is 0.458. The van der Waals surface area contributed by atoms with E-state index in [9.17, 15) is 0 Å². The van der Waals surface area contributed by atoms with Crippen molar-refractivity contribution in [3.05, 3.63) is 47.5 Å². The van der Waals surface area contributed by atoms with Crippen LogP contribution in [0.2, 0.25) is 0 Å². The second kappa shape index (κ2) is 7.64. The van der Waals surface area contributed by atoms with Crippen molar-refractivity contribution in [1.29, 1.82) is 0 Å². The second-order valence-corrected chi connectivity index (χ2v) is 8.41. The summed E-state index contributed by atoms with van der Waals surface area (Å²) in [7, 11) is 7.20. The smallest absolute Gasteiger partial charge is 0.200 e. The third-order valence-electron chi connectivity index (χ3n) is 6.70. The van der Waals surface area contributed by atoms with E-state index >= 15 is 0 Å². The maximum Gasteiger partial charge on any atom is 0.200 e. The standard InChI is InChI=1S/C24H29N3O4/c1-26-12-10-24(11-13-26)27-20(18-6-5-7-21(29-3)23(18)31-24)15-19(25-27)17-9-8-16(28-2)14-22(17)30-4/h5-9,14,20H,10-13,15H2,1-4H3/t20-/m0/s1. The summed E-state index contributed by atoms with van der Waals surface area (Å²) >= 11 is 0. The van der Waals surface area contributed by atoms with Crippen molar-refractivity contribution < 1.29 is 18.9 Å². The van der Waals surface area contributed by atoms with Crippen LogP contribution >= 0.6 is 0 Å².